The zero-order chi connectivity index (χ0) is 18.8. The minimum atomic E-state index is -0.971. The Hall–Kier alpha value is -2.40. The van der Waals surface area contributed by atoms with Crippen LogP contribution in [0.25, 0.3) is 0 Å². The summed E-state index contributed by atoms with van der Waals surface area (Å²) in [5.41, 5.74) is 1.99. The van der Waals surface area contributed by atoms with Crippen LogP contribution < -0.4 is 4.90 Å². The van der Waals surface area contributed by atoms with Crippen LogP contribution in [0, 0.1) is 5.82 Å². The molecule has 1 amide bonds. The van der Waals surface area contributed by atoms with Gasteiger partial charge in [0.25, 0.3) is 5.91 Å². The van der Waals surface area contributed by atoms with E-state index in [4.69, 9.17) is 16.3 Å². The molecular weight excluding hydrogens is 357 g/mol. The Balaban J connectivity index is 1.69. The Morgan fingerprint density at radius 1 is 1.27 bits per heavy atom. The van der Waals surface area contributed by atoms with E-state index in [0.29, 0.717) is 0 Å². The molecule has 2 atom stereocenters. The molecule has 0 unspecified atom stereocenters. The van der Waals surface area contributed by atoms with Crippen LogP contribution in [0.3, 0.4) is 0 Å². The number of halogens is 2. The maximum Gasteiger partial charge on any atom is 0.311 e. The third-order valence-electron chi connectivity index (χ3n) is 4.48. The molecule has 4 nitrogen and oxygen atoms in total. The number of hydrogen-bond donors (Lipinski definition) is 0. The molecule has 26 heavy (non-hydrogen) atoms. The summed E-state index contributed by atoms with van der Waals surface area (Å²) in [6.07, 6.45) is -0.537. The number of esters is 1. The van der Waals surface area contributed by atoms with Gasteiger partial charge in [-0.3, -0.25) is 9.59 Å². The van der Waals surface area contributed by atoms with Crippen molar-refractivity contribution >= 4 is 29.2 Å². The molecule has 0 spiro atoms. The summed E-state index contributed by atoms with van der Waals surface area (Å²) in [6, 6.07) is 11.8. The predicted molar refractivity (Wildman–Crippen MR) is 97.8 cm³/mol. The molecule has 136 valence electrons. The zero-order valence-electron chi connectivity index (χ0n) is 14.5. The van der Waals surface area contributed by atoms with Gasteiger partial charge in [0, 0.05) is 22.3 Å². The Bertz CT molecular complexity index is 834. The highest BCUT2D eigenvalue weighted by Gasteiger charge is 2.34. The summed E-state index contributed by atoms with van der Waals surface area (Å²) in [7, 11) is 0. The normalized spacial score (nSPS) is 16.9. The van der Waals surface area contributed by atoms with E-state index in [1.165, 1.54) is 25.1 Å². The summed E-state index contributed by atoms with van der Waals surface area (Å²) >= 11 is 5.93. The van der Waals surface area contributed by atoms with Crippen molar-refractivity contribution in [3.05, 3.63) is 64.4 Å². The van der Waals surface area contributed by atoms with Crippen LogP contribution in [-0.2, 0) is 27.2 Å². The molecule has 0 bridgehead atoms. The van der Waals surface area contributed by atoms with Gasteiger partial charge in [-0.05, 0) is 44.0 Å². The number of rotatable bonds is 4. The first-order valence-corrected chi connectivity index (χ1v) is 8.79. The number of ether oxygens (including phenoxy) is 1. The molecule has 0 N–H and O–H groups in total. The van der Waals surface area contributed by atoms with Crippen LogP contribution in [0.1, 0.15) is 25.0 Å². The van der Waals surface area contributed by atoms with Crippen LogP contribution in [-0.4, -0.2) is 24.0 Å². The number of hydrogen-bond acceptors (Lipinski definition) is 3. The van der Waals surface area contributed by atoms with Crippen molar-refractivity contribution in [1.29, 1.82) is 0 Å². The second-order valence-corrected chi connectivity index (χ2v) is 6.81. The molecule has 0 aliphatic carbocycles. The van der Waals surface area contributed by atoms with Gasteiger partial charge in [0.2, 0.25) is 0 Å². The second-order valence-electron chi connectivity index (χ2n) is 6.40. The number of para-hydroxylation sites is 1. The van der Waals surface area contributed by atoms with Gasteiger partial charge in [0.1, 0.15) is 5.82 Å². The molecule has 1 heterocycles. The summed E-state index contributed by atoms with van der Waals surface area (Å²) in [5.74, 6) is -1.57. The van der Waals surface area contributed by atoms with Crippen molar-refractivity contribution in [2.45, 2.75) is 38.8 Å². The summed E-state index contributed by atoms with van der Waals surface area (Å²) in [6.45, 7) is 3.47. The van der Waals surface area contributed by atoms with E-state index in [2.05, 4.69) is 0 Å². The number of carbonyl (C=O) groups excluding carboxylic acids is 2. The molecule has 0 fully saturated rings. The lowest BCUT2D eigenvalue weighted by Crippen LogP contribution is -2.43. The maximum absolute atomic E-state index is 13.8. The monoisotopic (exact) mass is 375 g/mol. The van der Waals surface area contributed by atoms with E-state index >= 15 is 0 Å². The van der Waals surface area contributed by atoms with Crippen molar-refractivity contribution in [3.63, 3.8) is 0 Å². The first-order valence-electron chi connectivity index (χ1n) is 8.42. The van der Waals surface area contributed by atoms with Crippen molar-refractivity contribution in [1.82, 2.24) is 0 Å². The number of benzene rings is 2. The fraction of sp³-hybridized carbons (Fsp3) is 0.300. The molecule has 2 aromatic carbocycles. The standard InChI is InChI=1S/C20H19ClFNO3/c1-12-10-14-6-3-4-9-18(14)23(12)20(25)13(2)26-19(24)11-15-16(21)7-5-8-17(15)22/h3-9,12-13H,10-11H2,1-2H3/t12-,13-/m1/s1. The minimum absolute atomic E-state index is 0.0120. The first-order chi connectivity index (χ1) is 12.4. The fourth-order valence-corrected chi connectivity index (χ4v) is 3.46. The topological polar surface area (TPSA) is 46.6 Å². The van der Waals surface area contributed by atoms with Crippen molar-refractivity contribution in [2.75, 3.05) is 4.90 Å². The molecule has 2 aromatic rings. The van der Waals surface area contributed by atoms with Crippen molar-refractivity contribution in [3.8, 4) is 0 Å². The smallest absolute Gasteiger partial charge is 0.311 e. The highest BCUT2D eigenvalue weighted by Crippen LogP contribution is 2.32. The molecule has 1 aliphatic rings. The SMILES string of the molecule is C[C@@H]1Cc2ccccc2N1C(=O)[C@@H](C)OC(=O)Cc1c(F)cccc1Cl. The molecule has 0 saturated heterocycles. The number of nitrogens with zero attached hydrogens (tertiary/aromatic N) is 1. The average Bonchev–Trinajstić information content (AvgIpc) is 2.93. The van der Waals surface area contributed by atoms with Gasteiger partial charge in [-0.2, -0.15) is 0 Å². The highest BCUT2D eigenvalue weighted by atomic mass is 35.5. The molecule has 6 heteroatoms. The molecule has 1 aliphatic heterocycles. The van der Waals surface area contributed by atoms with Crippen LogP contribution in [0.4, 0.5) is 10.1 Å². The molecule has 0 radical (unpaired) electrons. The summed E-state index contributed by atoms with van der Waals surface area (Å²) in [4.78, 5) is 26.6. The van der Waals surface area contributed by atoms with E-state index in [-0.39, 0.29) is 29.0 Å². The Morgan fingerprint density at radius 3 is 2.73 bits per heavy atom. The lowest BCUT2D eigenvalue weighted by Gasteiger charge is -2.26. The average molecular weight is 376 g/mol. The van der Waals surface area contributed by atoms with Gasteiger partial charge in [0.05, 0.1) is 6.42 Å². The van der Waals surface area contributed by atoms with E-state index in [1.807, 2.05) is 31.2 Å². The quantitative estimate of drug-likeness (QED) is 0.761. The van der Waals surface area contributed by atoms with E-state index in [9.17, 15) is 14.0 Å². The Morgan fingerprint density at radius 2 is 2.00 bits per heavy atom. The Labute approximate surface area is 156 Å². The van der Waals surface area contributed by atoms with Gasteiger partial charge in [-0.25, -0.2) is 4.39 Å². The molecule has 0 saturated carbocycles. The largest absolute Gasteiger partial charge is 0.452 e. The first kappa shape index (κ1) is 18.4. The van der Waals surface area contributed by atoms with E-state index in [0.717, 1.165) is 17.7 Å². The lowest BCUT2D eigenvalue weighted by atomic mass is 10.1. The molecular formula is C20H19ClFNO3. The summed E-state index contributed by atoms with van der Waals surface area (Å²) in [5, 5.41) is 0.156. The van der Waals surface area contributed by atoms with Crippen LogP contribution in [0.2, 0.25) is 5.02 Å². The number of fused-ring (bicyclic) bond motifs is 1. The summed E-state index contributed by atoms with van der Waals surface area (Å²) < 4.78 is 19.0. The zero-order valence-corrected chi connectivity index (χ0v) is 15.3. The van der Waals surface area contributed by atoms with E-state index in [1.54, 1.807) is 4.90 Å². The van der Waals surface area contributed by atoms with Crippen LogP contribution >= 0.6 is 11.6 Å². The number of anilines is 1. The molecule has 0 aromatic heterocycles. The van der Waals surface area contributed by atoms with Gasteiger partial charge >= 0.3 is 5.97 Å². The number of amides is 1. The maximum atomic E-state index is 13.8. The predicted octanol–water partition coefficient (Wildman–Crippen LogP) is 3.93. The van der Waals surface area contributed by atoms with Crippen LogP contribution in [0.5, 0.6) is 0 Å². The third kappa shape index (κ3) is 3.58. The van der Waals surface area contributed by atoms with Gasteiger partial charge in [0.15, 0.2) is 6.10 Å². The van der Waals surface area contributed by atoms with Gasteiger partial charge < -0.3 is 9.64 Å². The Kier molecular flexibility index (Phi) is 5.28. The van der Waals surface area contributed by atoms with Crippen molar-refractivity contribution in [2.24, 2.45) is 0 Å². The highest BCUT2D eigenvalue weighted by molar-refractivity contribution is 6.31. The van der Waals surface area contributed by atoms with Gasteiger partial charge in [-0.15, -0.1) is 0 Å². The van der Waals surface area contributed by atoms with Crippen molar-refractivity contribution < 1.29 is 18.7 Å². The minimum Gasteiger partial charge on any atom is -0.452 e. The number of carbonyl (C=O) groups is 2. The lowest BCUT2D eigenvalue weighted by molar-refractivity contribution is -0.153. The second kappa shape index (κ2) is 7.46. The third-order valence-corrected chi connectivity index (χ3v) is 4.84. The van der Waals surface area contributed by atoms with Crippen LogP contribution in [0.15, 0.2) is 42.5 Å². The molecule has 3 rings (SSSR count). The van der Waals surface area contributed by atoms with E-state index < -0.39 is 17.9 Å². The fourth-order valence-electron chi connectivity index (χ4n) is 3.23. The van der Waals surface area contributed by atoms with Gasteiger partial charge in [-0.1, -0.05) is 35.9 Å².